The van der Waals surface area contributed by atoms with Crippen LogP contribution in [0.2, 0.25) is 0 Å². The third-order valence-electron chi connectivity index (χ3n) is 1.78. The van der Waals surface area contributed by atoms with Gasteiger partial charge in [-0.1, -0.05) is 0 Å². The predicted molar refractivity (Wildman–Crippen MR) is 64.0 cm³/mol. The van der Waals surface area contributed by atoms with Crippen LogP contribution >= 0.6 is 12.4 Å². The van der Waals surface area contributed by atoms with Crippen molar-refractivity contribution in [2.45, 2.75) is 0 Å². The minimum atomic E-state index is -0.367. The van der Waals surface area contributed by atoms with Crippen LogP contribution in [0.1, 0.15) is 0 Å². The van der Waals surface area contributed by atoms with Crippen LogP contribution in [0.4, 0.5) is 4.39 Å². The number of benzene rings is 1. The van der Waals surface area contributed by atoms with Gasteiger partial charge in [0.1, 0.15) is 23.9 Å². The topological polar surface area (TPSA) is 44.5 Å². The number of nitrogens with two attached hydrogens (primary N) is 1. The molecule has 0 spiro atoms. The summed E-state index contributed by atoms with van der Waals surface area (Å²) in [5.41, 5.74) is 5.15. The van der Waals surface area contributed by atoms with E-state index in [-0.39, 0.29) is 31.4 Å². The number of hydrogen-bond acceptors (Lipinski definition) is 3. The van der Waals surface area contributed by atoms with Gasteiger partial charge in [-0.3, -0.25) is 0 Å². The first-order chi connectivity index (χ1) is 7.26. The lowest BCUT2D eigenvalue weighted by Crippen LogP contribution is -2.01. The van der Waals surface area contributed by atoms with Crippen LogP contribution in [0.25, 0.3) is 0 Å². The minimum absolute atomic E-state index is 0. The number of ether oxygens (including phenoxy) is 2. The molecule has 0 saturated carbocycles. The first-order valence-corrected chi connectivity index (χ1v) is 4.57. The molecule has 0 saturated heterocycles. The molecule has 0 aromatic heterocycles. The van der Waals surface area contributed by atoms with Crippen molar-refractivity contribution < 1.29 is 13.9 Å². The Hall–Kier alpha value is -1.26. The number of hydrogen-bond donors (Lipinski definition) is 1. The zero-order valence-electron chi connectivity index (χ0n) is 8.98. The summed E-state index contributed by atoms with van der Waals surface area (Å²) in [4.78, 5) is 0. The van der Waals surface area contributed by atoms with Gasteiger partial charge in [0.05, 0.1) is 7.11 Å². The second-order valence-electron chi connectivity index (χ2n) is 2.85. The van der Waals surface area contributed by atoms with E-state index < -0.39 is 0 Å². The van der Waals surface area contributed by atoms with Gasteiger partial charge in [0, 0.05) is 6.54 Å². The van der Waals surface area contributed by atoms with Crippen molar-refractivity contribution in [3.05, 3.63) is 36.2 Å². The van der Waals surface area contributed by atoms with Crippen LogP contribution < -0.4 is 15.2 Å². The van der Waals surface area contributed by atoms with Crippen LogP contribution in [0, 0.1) is 0 Å². The summed E-state index contributed by atoms with van der Waals surface area (Å²) in [5.74, 6) is 0.963. The highest BCUT2D eigenvalue weighted by molar-refractivity contribution is 5.85. The van der Waals surface area contributed by atoms with Gasteiger partial charge < -0.3 is 15.2 Å². The average Bonchev–Trinajstić information content (AvgIpc) is 2.27. The molecule has 1 rings (SSSR count). The van der Waals surface area contributed by atoms with Gasteiger partial charge in [-0.05, 0) is 30.3 Å². The SMILES string of the molecule is COc1ccc(OCC(F)=CCN)cc1.Cl. The van der Waals surface area contributed by atoms with Crippen LogP contribution in [-0.2, 0) is 0 Å². The Morgan fingerprint density at radius 2 is 1.88 bits per heavy atom. The molecule has 1 aromatic rings. The summed E-state index contributed by atoms with van der Waals surface area (Å²) in [7, 11) is 1.58. The van der Waals surface area contributed by atoms with E-state index in [2.05, 4.69) is 0 Å². The molecule has 0 atom stereocenters. The van der Waals surface area contributed by atoms with E-state index >= 15 is 0 Å². The van der Waals surface area contributed by atoms with Crippen molar-refractivity contribution in [3.8, 4) is 11.5 Å². The first-order valence-electron chi connectivity index (χ1n) is 4.57. The highest BCUT2D eigenvalue weighted by Crippen LogP contribution is 2.17. The number of methoxy groups -OCH3 is 1. The van der Waals surface area contributed by atoms with Crippen molar-refractivity contribution >= 4 is 12.4 Å². The summed E-state index contributed by atoms with van der Waals surface area (Å²) < 4.78 is 23.0. The predicted octanol–water partition coefficient (Wildman–Crippen LogP) is 2.31. The van der Waals surface area contributed by atoms with E-state index in [4.69, 9.17) is 15.2 Å². The molecular weight excluding hydrogens is 233 g/mol. The number of halogens is 2. The fourth-order valence-corrected chi connectivity index (χ4v) is 1.01. The molecule has 2 N–H and O–H groups in total. The molecule has 0 aliphatic heterocycles. The maximum atomic E-state index is 12.9. The molecule has 1 aromatic carbocycles. The van der Waals surface area contributed by atoms with Gasteiger partial charge in [0.25, 0.3) is 0 Å². The standard InChI is InChI=1S/C11H14FNO2.ClH/c1-14-10-2-4-11(5-3-10)15-8-9(12)6-7-13;/h2-6H,7-8,13H2,1H3;1H. The zero-order chi connectivity index (χ0) is 11.1. The van der Waals surface area contributed by atoms with E-state index in [0.29, 0.717) is 5.75 Å². The van der Waals surface area contributed by atoms with Gasteiger partial charge in [-0.2, -0.15) is 0 Å². The van der Waals surface area contributed by atoms with Gasteiger partial charge in [0.2, 0.25) is 0 Å². The Morgan fingerprint density at radius 3 is 2.38 bits per heavy atom. The van der Waals surface area contributed by atoms with Crippen LogP contribution in [0.5, 0.6) is 11.5 Å². The summed E-state index contributed by atoms with van der Waals surface area (Å²) >= 11 is 0. The molecule has 0 bridgehead atoms. The monoisotopic (exact) mass is 247 g/mol. The summed E-state index contributed by atoms with van der Waals surface area (Å²) in [6.07, 6.45) is 1.28. The molecule has 0 amide bonds. The van der Waals surface area contributed by atoms with Crippen molar-refractivity contribution in [1.29, 1.82) is 0 Å². The lowest BCUT2D eigenvalue weighted by atomic mass is 10.3. The van der Waals surface area contributed by atoms with E-state index in [1.54, 1.807) is 31.4 Å². The molecule has 16 heavy (non-hydrogen) atoms. The third-order valence-corrected chi connectivity index (χ3v) is 1.78. The maximum absolute atomic E-state index is 12.9. The Balaban J connectivity index is 0.00000225. The van der Waals surface area contributed by atoms with E-state index in [0.717, 1.165) is 5.75 Å². The highest BCUT2D eigenvalue weighted by Gasteiger charge is 1.97. The second kappa shape index (κ2) is 7.96. The zero-order valence-corrected chi connectivity index (χ0v) is 9.80. The first kappa shape index (κ1) is 14.7. The Morgan fingerprint density at radius 1 is 1.31 bits per heavy atom. The smallest absolute Gasteiger partial charge is 0.139 e. The normalized spacial score (nSPS) is 10.6. The molecule has 0 fully saturated rings. The molecule has 90 valence electrons. The Labute approximate surface area is 100 Å². The van der Waals surface area contributed by atoms with E-state index in [1.165, 1.54) is 6.08 Å². The Kier molecular flexibility index (Phi) is 7.33. The van der Waals surface area contributed by atoms with E-state index in [9.17, 15) is 4.39 Å². The van der Waals surface area contributed by atoms with Gasteiger partial charge in [-0.15, -0.1) is 12.4 Å². The van der Waals surface area contributed by atoms with Crippen molar-refractivity contribution in [3.63, 3.8) is 0 Å². The molecule has 3 nitrogen and oxygen atoms in total. The molecule has 5 heteroatoms. The third kappa shape index (κ3) is 5.00. The van der Waals surface area contributed by atoms with Crippen LogP contribution in [0.15, 0.2) is 36.2 Å². The molecule has 0 unspecified atom stereocenters. The second-order valence-corrected chi connectivity index (χ2v) is 2.85. The van der Waals surface area contributed by atoms with Crippen molar-refractivity contribution in [2.24, 2.45) is 5.73 Å². The molecular formula is C11H15ClFNO2. The summed E-state index contributed by atoms with van der Waals surface area (Å²) in [5, 5.41) is 0. The number of rotatable bonds is 5. The summed E-state index contributed by atoms with van der Waals surface area (Å²) in [6, 6.07) is 6.93. The highest BCUT2D eigenvalue weighted by atomic mass is 35.5. The van der Waals surface area contributed by atoms with Gasteiger partial charge in [-0.25, -0.2) is 4.39 Å². The Bertz CT molecular complexity index is 327. The molecule has 0 aliphatic carbocycles. The van der Waals surface area contributed by atoms with Gasteiger partial charge in [0.15, 0.2) is 0 Å². The van der Waals surface area contributed by atoms with E-state index in [1.807, 2.05) is 0 Å². The van der Waals surface area contributed by atoms with Crippen molar-refractivity contribution in [1.82, 2.24) is 0 Å². The van der Waals surface area contributed by atoms with Crippen LogP contribution in [0.3, 0.4) is 0 Å². The lowest BCUT2D eigenvalue weighted by Gasteiger charge is -2.05. The average molecular weight is 248 g/mol. The fourth-order valence-electron chi connectivity index (χ4n) is 1.01. The maximum Gasteiger partial charge on any atom is 0.139 e. The lowest BCUT2D eigenvalue weighted by molar-refractivity contribution is 0.317. The largest absolute Gasteiger partial charge is 0.497 e. The minimum Gasteiger partial charge on any atom is -0.497 e. The molecule has 0 radical (unpaired) electrons. The molecule has 0 heterocycles. The van der Waals surface area contributed by atoms with Gasteiger partial charge >= 0.3 is 0 Å². The quantitative estimate of drug-likeness (QED) is 0.869. The molecule has 0 aliphatic rings. The van der Waals surface area contributed by atoms with Crippen molar-refractivity contribution in [2.75, 3.05) is 20.3 Å². The van der Waals surface area contributed by atoms with Crippen LogP contribution in [-0.4, -0.2) is 20.3 Å². The fraction of sp³-hybridized carbons (Fsp3) is 0.273. The summed E-state index contributed by atoms with van der Waals surface area (Å²) in [6.45, 7) is 0.0847.